The van der Waals surface area contributed by atoms with Crippen molar-refractivity contribution in [2.24, 2.45) is 11.7 Å². The third kappa shape index (κ3) is 4.66. The highest BCUT2D eigenvalue weighted by atomic mass is 35.5. The van der Waals surface area contributed by atoms with Crippen molar-refractivity contribution in [2.75, 3.05) is 31.1 Å². The van der Waals surface area contributed by atoms with Crippen LogP contribution in [0.25, 0.3) is 11.1 Å². The molecule has 9 heteroatoms. The molecule has 1 fully saturated rings. The Morgan fingerprint density at radius 2 is 2.25 bits per heavy atom. The fourth-order valence-corrected chi connectivity index (χ4v) is 2.89. The number of halogens is 3. The van der Waals surface area contributed by atoms with Crippen LogP contribution in [-0.2, 0) is 4.79 Å². The van der Waals surface area contributed by atoms with Crippen molar-refractivity contribution in [3.63, 3.8) is 0 Å². The van der Waals surface area contributed by atoms with E-state index in [0.29, 0.717) is 36.3 Å². The number of nitrogens with two attached hydrogens (primary N) is 1. The van der Waals surface area contributed by atoms with Crippen molar-refractivity contribution in [1.29, 1.82) is 0 Å². The molecule has 2 heterocycles. The van der Waals surface area contributed by atoms with E-state index < -0.39 is 0 Å². The monoisotopic (exact) mass is 394 g/mol. The molecule has 3 N–H and O–H groups in total. The van der Waals surface area contributed by atoms with Gasteiger partial charge in [-0.05, 0) is 31.0 Å². The summed E-state index contributed by atoms with van der Waals surface area (Å²) in [6.45, 7) is 2.41. The minimum atomic E-state index is -0.0566. The molecule has 0 saturated carbocycles. The van der Waals surface area contributed by atoms with Gasteiger partial charge in [-0.25, -0.2) is 0 Å². The molecule has 3 rings (SSSR count). The molecular weight excluding hydrogens is 375 g/mol. The largest absolute Gasteiger partial charge is 0.423 e. The first kappa shape index (κ1) is 20.8. The van der Waals surface area contributed by atoms with Gasteiger partial charge in [-0.1, -0.05) is 11.6 Å². The van der Waals surface area contributed by atoms with Crippen LogP contribution in [0, 0.1) is 5.92 Å². The quantitative estimate of drug-likeness (QED) is 0.831. The van der Waals surface area contributed by atoms with E-state index in [2.05, 4.69) is 10.3 Å². The molecule has 1 saturated heterocycles. The summed E-state index contributed by atoms with van der Waals surface area (Å²) in [5.74, 6) is -0.00629. The average Bonchev–Trinajstić information content (AvgIpc) is 2.95. The van der Waals surface area contributed by atoms with Crippen LogP contribution in [-0.4, -0.2) is 37.1 Å². The number of oxazole rings is 1. The molecule has 6 nitrogen and oxygen atoms in total. The fraction of sp³-hybridized carbons (Fsp3) is 0.467. The van der Waals surface area contributed by atoms with Gasteiger partial charge in [-0.15, -0.1) is 24.8 Å². The van der Waals surface area contributed by atoms with E-state index in [1.54, 1.807) is 12.1 Å². The lowest BCUT2D eigenvalue weighted by molar-refractivity contribution is -0.125. The molecule has 0 aliphatic carbocycles. The van der Waals surface area contributed by atoms with Crippen molar-refractivity contribution in [2.45, 2.75) is 12.8 Å². The molecule has 2 aromatic rings. The second-order valence-corrected chi connectivity index (χ2v) is 5.91. The first-order valence-electron chi connectivity index (χ1n) is 7.46. The number of hydrogen-bond acceptors (Lipinski definition) is 5. The van der Waals surface area contributed by atoms with Crippen LogP contribution in [0.1, 0.15) is 12.8 Å². The second-order valence-electron chi connectivity index (χ2n) is 5.47. The molecule has 1 aromatic heterocycles. The van der Waals surface area contributed by atoms with Gasteiger partial charge in [0.1, 0.15) is 5.52 Å². The summed E-state index contributed by atoms with van der Waals surface area (Å²) in [6, 6.07) is 5.91. The van der Waals surface area contributed by atoms with Gasteiger partial charge in [-0.2, -0.15) is 4.98 Å². The molecule has 1 aliphatic rings. The number of amides is 1. The Kier molecular flexibility index (Phi) is 8.09. The summed E-state index contributed by atoms with van der Waals surface area (Å²) in [5.41, 5.74) is 6.86. The summed E-state index contributed by atoms with van der Waals surface area (Å²) in [7, 11) is 0. The van der Waals surface area contributed by atoms with Gasteiger partial charge in [-0.3, -0.25) is 4.79 Å². The molecule has 1 unspecified atom stereocenters. The summed E-state index contributed by atoms with van der Waals surface area (Å²) in [5, 5.41) is 3.48. The molecule has 0 bridgehead atoms. The van der Waals surface area contributed by atoms with Crippen LogP contribution in [0.4, 0.5) is 6.01 Å². The normalized spacial score (nSPS) is 17.1. The van der Waals surface area contributed by atoms with E-state index >= 15 is 0 Å². The zero-order valence-corrected chi connectivity index (χ0v) is 15.4. The molecule has 0 spiro atoms. The number of nitrogens with zero attached hydrogens (tertiary/aromatic N) is 2. The van der Waals surface area contributed by atoms with Crippen molar-refractivity contribution in [3.05, 3.63) is 23.2 Å². The lowest BCUT2D eigenvalue weighted by atomic mass is 9.97. The average molecular weight is 396 g/mol. The first-order chi connectivity index (χ1) is 10.7. The highest BCUT2D eigenvalue weighted by Crippen LogP contribution is 2.27. The number of hydrogen-bond donors (Lipinski definition) is 2. The van der Waals surface area contributed by atoms with Gasteiger partial charge in [0.15, 0.2) is 5.58 Å². The first-order valence-corrected chi connectivity index (χ1v) is 7.84. The summed E-state index contributed by atoms with van der Waals surface area (Å²) >= 11 is 5.97. The Balaban J connectivity index is 0.00000144. The van der Waals surface area contributed by atoms with Crippen molar-refractivity contribution >= 4 is 59.4 Å². The van der Waals surface area contributed by atoms with Gasteiger partial charge in [0.25, 0.3) is 6.01 Å². The number of anilines is 1. The molecule has 1 aromatic carbocycles. The minimum Gasteiger partial charge on any atom is -0.423 e. The number of benzene rings is 1. The molecular formula is C15H21Cl3N4O2. The molecule has 1 atom stereocenters. The van der Waals surface area contributed by atoms with Crippen molar-refractivity contribution in [3.8, 4) is 0 Å². The molecule has 1 amide bonds. The maximum atomic E-state index is 12.1. The van der Waals surface area contributed by atoms with E-state index in [9.17, 15) is 4.79 Å². The van der Waals surface area contributed by atoms with Gasteiger partial charge in [0.2, 0.25) is 5.91 Å². The van der Waals surface area contributed by atoms with Crippen LogP contribution in [0.3, 0.4) is 0 Å². The smallest absolute Gasteiger partial charge is 0.298 e. The maximum Gasteiger partial charge on any atom is 0.298 e. The molecule has 1 aliphatic heterocycles. The third-order valence-corrected chi connectivity index (χ3v) is 4.08. The summed E-state index contributed by atoms with van der Waals surface area (Å²) in [6.07, 6.45) is 1.80. The Morgan fingerprint density at radius 3 is 3.00 bits per heavy atom. The predicted molar refractivity (Wildman–Crippen MR) is 101 cm³/mol. The van der Waals surface area contributed by atoms with E-state index in [-0.39, 0.29) is 36.6 Å². The third-order valence-electron chi connectivity index (χ3n) is 3.84. The number of carbonyl (C=O) groups is 1. The van der Waals surface area contributed by atoms with Crippen LogP contribution in [0.15, 0.2) is 22.6 Å². The Bertz CT molecular complexity index is 680. The number of piperidine rings is 1. The zero-order chi connectivity index (χ0) is 15.5. The van der Waals surface area contributed by atoms with E-state index in [4.69, 9.17) is 21.8 Å². The number of aromatic nitrogens is 1. The van der Waals surface area contributed by atoms with E-state index in [1.165, 1.54) is 0 Å². The van der Waals surface area contributed by atoms with Gasteiger partial charge in [0, 0.05) is 31.2 Å². The zero-order valence-electron chi connectivity index (χ0n) is 13.0. The van der Waals surface area contributed by atoms with Crippen LogP contribution >= 0.6 is 36.4 Å². The maximum absolute atomic E-state index is 12.1. The Morgan fingerprint density at radius 1 is 1.46 bits per heavy atom. The van der Waals surface area contributed by atoms with E-state index in [0.717, 1.165) is 24.9 Å². The number of carbonyl (C=O) groups excluding carboxylic acids is 1. The fourth-order valence-electron chi connectivity index (χ4n) is 2.73. The van der Waals surface area contributed by atoms with Gasteiger partial charge >= 0.3 is 0 Å². The van der Waals surface area contributed by atoms with Crippen molar-refractivity contribution in [1.82, 2.24) is 10.3 Å². The van der Waals surface area contributed by atoms with Crippen LogP contribution in [0.5, 0.6) is 0 Å². The minimum absolute atomic E-state index is 0. The van der Waals surface area contributed by atoms with Crippen LogP contribution < -0.4 is 16.0 Å². The highest BCUT2D eigenvalue weighted by molar-refractivity contribution is 6.31. The standard InChI is InChI=1S/C15H19ClN4O2.2ClH/c16-11-3-4-13-12(8-11)19-15(22-13)20-7-1-2-10(9-20)14(21)18-6-5-17;;/h3-4,8,10H,1-2,5-7,9,17H2,(H,18,21);2*1H. The van der Waals surface area contributed by atoms with Gasteiger partial charge < -0.3 is 20.4 Å². The van der Waals surface area contributed by atoms with Crippen molar-refractivity contribution < 1.29 is 9.21 Å². The summed E-state index contributed by atoms with van der Waals surface area (Å²) in [4.78, 5) is 18.6. The lowest BCUT2D eigenvalue weighted by Gasteiger charge is -2.30. The number of fused-ring (bicyclic) bond motifs is 1. The number of nitrogens with one attached hydrogen (secondary N) is 1. The molecule has 24 heavy (non-hydrogen) atoms. The SMILES string of the molecule is Cl.Cl.NCCNC(=O)C1CCCN(c2nc3cc(Cl)ccc3o2)C1. The van der Waals surface area contributed by atoms with E-state index in [1.807, 2.05) is 11.0 Å². The molecule has 0 radical (unpaired) electrons. The predicted octanol–water partition coefficient (Wildman–Crippen LogP) is 2.62. The second kappa shape index (κ2) is 9.32. The molecule has 134 valence electrons. The Hall–Kier alpha value is -1.21. The number of rotatable bonds is 4. The van der Waals surface area contributed by atoms with Gasteiger partial charge in [0.05, 0.1) is 5.92 Å². The lowest BCUT2D eigenvalue weighted by Crippen LogP contribution is -2.44. The summed E-state index contributed by atoms with van der Waals surface area (Å²) < 4.78 is 5.78. The highest BCUT2D eigenvalue weighted by Gasteiger charge is 2.28. The Labute approximate surface area is 157 Å². The van der Waals surface area contributed by atoms with Crippen LogP contribution in [0.2, 0.25) is 5.02 Å². The topological polar surface area (TPSA) is 84.4 Å².